The Kier molecular flexibility index (Phi) is 13.4. The highest BCUT2D eigenvalue weighted by molar-refractivity contribution is 5.70. The minimum absolute atomic E-state index is 0.154. The lowest BCUT2D eigenvalue weighted by atomic mass is 9.94. The molecule has 1 N–H and O–H groups in total. The Morgan fingerprint density at radius 3 is 1.81 bits per heavy atom. The van der Waals surface area contributed by atoms with Crippen LogP contribution in [0.4, 0.5) is 4.39 Å². The molecule has 3 heteroatoms. The molecule has 0 bridgehead atoms. The Labute approximate surface area is 193 Å². The Bertz CT molecular complexity index is 917. The van der Waals surface area contributed by atoms with Crippen molar-refractivity contribution in [3.05, 3.63) is 94.8 Å². The molecule has 0 aromatic heterocycles. The van der Waals surface area contributed by atoms with Crippen LogP contribution in [-0.4, -0.2) is 11.6 Å². The van der Waals surface area contributed by atoms with E-state index in [1.807, 2.05) is 12.1 Å². The van der Waals surface area contributed by atoms with Gasteiger partial charge in [-0.1, -0.05) is 81.3 Å². The molecule has 0 spiro atoms. The zero-order chi connectivity index (χ0) is 23.8. The summed E-state index contributed by atoms with van der Waals surface area (Å²) in [6.07, 6.45) is 6.97. The maximum atomic E-state index is 12.9. The van der Waals surface area contributed by atoms with Crippen molar-refractivity contribution in [2.75, 3.05) is 0 Å². The Morgan fingerprint density at radius 2 is 1.25 bits per heavy atom. The number of benzene rings is 3. The summed E-state index contributed by atoms with van der Waals surface area (Å²) in [7, 11) is 0. The van der Waals surface area contributed by atoms with E-state index < -0.39 is 0 Å². The number of carboxylic acid groups (broad SMARTS) is 1. The summed E-state index contributed by atoms with van der Waals surface area (Å²) in [6.45, 7) is 8.38. The quantitative estimate of drug-likeness (QED) is 0.299. The van der Waals surface area contributed by atoms with Gasteiger partial charge in [0.15, 0.2) is 0 Å². The van der Waals surface area contributed by atoms with Gasteiger partial charge >= 0.3 is 0 Å². The summed E-state index contributed by atoms with van der Waals surface area (Å²) in [6, 6.07) is 22.3. The van der Waals surface area contributed by atoms with Gasteiger partial charge < -0.3 is 5.11 Å². The van der Waals surface area contributed by atoms with Crippen LogP contribution >= 0.6 is 0 Å². The zero-order valence-corrected chi connectivity index (χ0v) is 19.9. The first-order valence-electron chi connectivity index (χ1n) is 11.4. The van der Waals surface area contributed by atoms with Crippen molar-refractivity contribution in [3.8, 4) is 11.1 Å². The van der Waals surface area contributed by atoms with E-state index in [9.17, 15) is 4.39 Å². The molecule has 0 amide bonds. The molecule has 3 rings (SSSR count). The molecular formula is C29H37FO2. The fourth-order valence-electron chi connectivity index (χ4n) is 3.54. The van der Waals surface area contributed by atoms with Gasteiger partial charge in [-0.3, -0.25) is 4.79 Å². The molecule has 2 nitrogen and oxygen atoms in total. The second-order valence-electron chi connectivity index (χ2n) is 7.96. The summed E-state index contributed by atoms with van der Waals surface area (Å²) in [5.41, 5.74) is 7.98. The van der Waals surface area contributed by atoms with Gasteiger partial charge in [-0.2, -0.15) is 0 Å². The average Bonchev–Trinajstić information content (AvgIpc) is 2.77. The first-order chi connectivity index (χ1) is 15.5. The topological polar surface area (TPSA) is 37.3 Å². The summed E-state index contributed by atoms with van der Waals surface area (Å²) in [4.78, 5) is 8.36. The van der Waals surface area contributed by atoms with Gasteiger partial charge in [-0.25, -0.2) is 4.39 Å². The van der Waals surface area contributed by atoms with E-state index in [1.54, 1.807) is 12.1 Å². The standard InChI is InChI=1S/C25H27F.C3H8.CH2O2/c1-19-8-6-7-11-24(19)25-17-14-22(18-20(25)2)10-5-3-4-9-21-12-15-23(26)16-13-21;1-3-2;2-1-3/h6-8,11-18H,3-5,9-10H2,1-2H3;3H2,1-2H3;1H,(H,2,3). The maximum Gasteiger partial charge on any atom is 0.290 e. The molecule has 0 fully saturated rings. The van der Waals surface area contributed by atoms with Gasteiger partial charge in [0.25, 0.3) is 6.47 Å². The molecule has 0 saturated carbocycles. The van der Waals surface area contributed by atoms with Crippen molar-refractivity contribution >= 4 is 6.47 Å². The summed E-state index contributed by atoms with van der Waals surface area (Å²) in [5.74, 6) is -0.154. The molecule has 0 radical (unpaired) electrons. The second-order valence-corrected chi connectivity index (χ2v) is 7.96. The maximum absolute atomic E-state index is 12.9. The van der Waals surface area contributed by atoms with Crippen molar-refractivity contribution in [1.29, 1.82) is 0 Å². The molecule has 32 heavy (non-hydrogen) atoms. The third kappa shape index (κ3) is 9.91. The minimum Gasteiger partial charge on any atom is -0.483 e. The second kappa shape index (κ2) is 15.8. The van der Waals surface area contributed by atoms with Crippen LogP contribution in [0.1, 0.15) is 61.8 Å². The molecular weight excluding hydrogens is 399 g/mol. The normalized spacial score (nSPS) is 9.78. The number of aryl methyl sites for hydroxylation is 4. The van der Waals surface area contributed by atoms with E-state index in [2.05, 4.69) is 70.2 Å². The summed E-state index contributed by atoms with van der Waals surface area (Å²) >= 11 is 0. The van der Waals surface area contributed by atoms with Gasteiger partial charge in [0.05, 0.1) is 0 Å². The van der Waals surface area contributed by atoms with Crippen molar-refractivity contribution < 1.29 is 14.3 Å². The Hall–Kier alpha value is -2.94. The predicted octanol–water partition coefficient (Wildman–Crippen LogP) is 8.18. The lowest BCUT2D eigenvalue weighted by Crippen LogP contribution is -1.92. The van der Waals surface area contributed by atoms with Gasteiger partial charge in [-0.05, 0) is 85.0 Å². The van der Waals surface area contributed by atoms with Crippen LogP contribution in [0.25, 0.3) is 11.1 Å². The highest BCUT2D eigenvalue weighted by Gasteiger charge is 2.05. The fourth-order valence-corrected chi connectivity index (χ4v) is 3.54. The molecule has 0 atom stereocenters. The molecule has 0 aliphatic heterocycles. The monoisotopic (exact) mass is 436 g/mol. The average molecular weight is 437 g/mol. The van der Waals surface area contributed by atoms with Crippen LogP contribution in [0.3, 0.4) is 0 Å². The summed E-state index contributed by atoms with van der Waals surface area (Å²) < 4.78 is 12.9. The van der Waals surface area contributed by atoms with Crippen LogP contribution < -0.4 is 0 Å². The SMILES string of the molecule is CCC.Cc1ccccc1-c1ccc(CCCCCc2ccc(F)cc2)cc1C.O=CO. The van der Waals surface area contributed by atoms with Crippen LogP contribution in [0.5, 0.6) is 0 Å². The van der Waals surface area contributed by atoms with Crippen LogP contribution in [0.2, 0.25) is 0 Å². The van der Waals surface area contributed by atoms with Crippen molar-refractivity contribution in [2.45, 2.75) is 66.2 Å². The number of hydrogen-bond donors (Lipinski definition) is 1. The Morgan fingerprint density at radius 1 is 0.750 bits per heavy atom. The number of carbonyl (C=O) groups is 1. The minimum atomic E-state index is -0.250. The molecule has 0 saturated heterocycles. The Balaban J connectivity index is 0.000000769. The summed E-state index contributed by atoms with van der Waals surface area (Å²) in [5, 5.41) is 6.89. The molecule has 0 aliphatic carbocycles. The van der Waals surface area contributed by atoms with Gasteiger partial charge in [0, 0.05) is 0 Å². The van der Waals surface area contributed by atoms with Gasteiger partial charge in [-0.15, -0.1) is 0 Å². The molecule has 0 unspecified atom stereocenters. The lowest BCUT2D eigenvalue weighted by Gasteiger charge is -2.11. The van der Waals surface area contributed by atoms with E-state index >= 15 is 0 Å². The smallest absolute Gasteiger partial charge is 0.290 e. The highest BCUT2D eigenvalue weighted by Crippen LogP contribution is 2.27. The first kappa shape index (κ1) is 27.1. The zero-order valence-electron chi connectivity index (χ0n) is 19.9. The van der Waals surface area contributed by atoms with Crippen LogP contribution in [0, 0.1) is 19.7 Å². The number of rotatable bonds is 7. The van der Waals surface area contributed by atoms with Gasteiger partial charge in [0.1, 0.15) is 5.82 Å². The van der Waals surface area contributed by atoms with E-state index in [0.717, 1.165) is 19.3 Å². The number of unbranched alkanes of at least 4 members (excludes halogenated alkanes) is 2. The molecule has 3 aromatic carbocycles. The van der Waals surface area contributed by atoms with E-state index in [1.165, 1.54) is 52.6 Å². The molecule has 0 heterocycles. The third-order valence-electron chi connectivity index (χ3n) is 5.07. The van der Waals surface area contributed by atoms with E-state index in [-0.39, 0.29) is 12.3 Å². The van der Waals surface area contributed by atoms with Crippen molar-refractivity contribution in [2.24, 2.45) is 0 Å². The predicted molar refractivity (Wildman–Crippen MR) is 134 cm³/mol. The van der Waals surface area contributed by atoms with Crippen molar-refractivity contribution in [3.63, 3.8) is 0 Å². The lowest BCUT2D eigenvalue weighted by molar-refractivity contribution is -0.122. The van der Waals surface area contributed by atoms with Crippen LogP contribution in [0.15, 0.2) is 66.7 Å². The number of hydrogen-bond acceptors (Lipinski definition) is 1. The molecule has 3 aromatic rings. The largest absolute Gasteiger partial charge is 0.483 e. The molecule has 0 aliphatic rings. The first-order valence-corrected chi connectivity index (χ1v) is 11.4. The van der Waals surface area contributed by atoms with Crippen molar-refractivity contribution in [1.82, 2.24) is 0 Å². The fraction of sp³-hybridized carbons (Fsp3) is 0.345. The van der Waals surface area contributed by atoms with E-state index in [4.69, 9.17) is 9.90 Å². The van der Waals surface area contributed by atoms with Crippen LogP contribution in [-0.2, 0) is 17.6 Å². The third-order valence-corrected chi connectivity index (χ3v) is 5.07. The van der Waals surface area contributed by atoms with Gasteiger partial charge in [0.2, 0.25) is 0 Å². The highest BCUT2D eigenvalue weighted by atomic mass is 19.1. The number of halogens is 1. The molecule has 172 valence electrons. The van der Waals surface area contributed by atoms with E-state index in [0.29, 0.717) is 0 Å².